The molecule has 0 aromatic heterocycles. The zero-order valence-electron chi connectivity index (χ0n) is 12.1. The minimum absolute atomic E-state index is 0.815. The third-order valence-electron chi connectivity index (χ3n) is 3.10. The summed E-state index contributed by atoms with van der Waals surface area (Å²) in [4.78, 5) is 7.80. The van der Waals surface area contributed by atoms with E-state index < -0.39 is 16.2 Å². The van der Waals surface area contributed by atoms with Gasteiger partial charge in [0.2, 0.25) is 0 Å². The number of nitrogens with zero attached hydrogens (tertiary/aromatic N) is 2. The van der Waals surface area contributed by atoms with Crippen molar-refractivity contribution < 1.29 is 0 Å². The first-order chi connectivity index (χ1) is 7.52. The summed E-state index contributed by atoms with van der Waals surface area (Å²) in [7, 11) is 8.69. The topological polar surface area (TPSA) is 6.48 Å². The zero-order chi connectivity index (χ0) is 12.4. The first kappa shape index (κ1) is 16.6. The maximum atomic E-state index is 2.60. The van der Waals surface area contributed by atoms with Gasteiger partial charge in [-0.2, -0.15) is 0 Å². The predicted molar refractivity (Wildman–Crippen MR) is 76.8 cm³/mol. The van der Waals surface area contributed by atoms with Crippen molar-refractivity contribution in [2.24, 2.45) is 0 Å². The fourth-order valence-corrected chi connectivity index (χ4v) is 6.73. The van der Waals surface area contributed by atoms with Crippen LogP contribution in [0.2, 0.25) is 15.4 Å². The Morgan fingerprint density at radius 3 is 1.38 bits per heavy atom. The Hall–Kier alpha value is 0.556. The van der Waals surface area contributed by atoms with E-state index in [4.69, 9.17) is 0 Å². The van der Waals surface area contributed by atoms with Crippen LogP contribution in [-0.2, 0) is 0 Å². The molecule has 0 rings (SSSR count). The van der Waals surface area contributed by atoms with Crippen molar-refractivity contribution in [1.29, 1.82) is 0 Å². The summed E-state index contributed by atoms with van der Waals surface area (Å²) in [6.07, 6.45) is 5.76. The van der Waals surface area contributed by atoms with E-state index in [1.807, 2.05) is 0 Å². The molecule has 0 aromatic carbocycles. The molecule has 2 nitrogen and oxygen atoms in total. The van der Waals surface area contributed by atoms with Crippen LogP contribution < -0.4 is 0 Å². The summed E-state index contributed by atoms with van der Waals surface area (Å²) in [6.45, 7) is 2.55. The van der Waals surface area contributed by atoms with Gasteiger partial charge in [0.25, 0.3) is 0 Å². The fraction of sp³-hybridized carbons (Fsp3) is 1.00. The Morgan fingerprint density at radius 1 is 0.688 bits per heavy atom. The molecule has 16 heavy (non-hydrogen) atoms. The molecule has 0 aliphatic rings. The van der Waals surface area contributed by atoms with Crippen LogP contribution in [-0.4, -0.2) is 67.3 Å². The molecule has 0 aliphatic carbocycles. The van der Waals surface area contributed by atoms with Crippen LogP contribution in [0.25, 0.3) is 0 Å². The number of rotatable bonds is 10. The van der Waals surface area contributed by atoms with Crippen molar-refractivity contribution in [3.8, 4) is 0 Å². The van der Waals surface area contributed by atoms with E-state index in [2.05, 4.69) is 43.5 Å². The van der Waals surface area contributed by atoms with Gasteiger partial charge in [-0.05, 0) is 0 Å². The van der Waals surface area contributed by atoms with E-state index in [1.54, 1.807) is 9.95 Å². The van der Waals surface area contributed by atoms with Crippen LogP contribution in [0.15, 0.2) is 0 Å². The summed E-state index contributed by atoms with van der Waals surface area (Å²) >= 11 is -0.815. The monoisotopic (exact) mass is 284 g/mol. The molecule has 3 heteroatoms. The van der Waals surface area contributed by atoms with Gasteiger partial charge >= 0.3 is 108 Å². The second kappa shape index (κ2) is 10.7. The quantitative estimate of drug-likeness (QED) is 0.450. The van der Waals surface area contributed by atoms with Crippen LogP contribution in [0, 0.1) is 0 Å². The van der Waals surface area contributed by atoms with Gasteiger partial charge < -0.3 is 0 Å². The average Bonchev–Trinajstić information content (AvgIpc) is 2.19. The maximum absolute atomic E-state index is 2.60. The molecule has 0 heterocycles. The molecular weight excluding hydrogens is 254 g/mol. The molecule has 0 atom stereocenters. The molecule has 0 aliphatic heterocycles. The zero-order valence-corrected chi connectivity index (χ0v) is 14.6. The van der Waals surface area contributed by atoms with Gasteiger partial charge in [-0.25, -0.2) is 0 Å². The van der Waals surface area contributed by atoms with Crippen LogP contribution in [0.3, 0.4) is 0 Å². The molecule has 0 spiro atoms. The Bertz CT molecular complexity index is 133. The van der Waals surface area contributed by atoms with Crippen molar-refractivity contribution >= 4 is 16.2 Å². The normalized spacial score (nSPS) is 11.4. The summed E-state index contributed by atoms with van der Waals surface area (Å²) in [5, 5.41) is 0. The van der Waals surface area contributed by atoms with Crippen LogP contribution in [0.1, 0.15) is 25.7 Å². The van der Waals surface area contributed by atoms with Gasteiger partial charge in [-0.1, -0.05) is 0 Å². The molecule has 0 N–H and O–H groups in total. The van der Waals surface area contributed by atoms with Crippen molar-refractivity contribution in [1.82, 2.24) is 9.80 Å². The fourth-order valence-electron chi connectivity index (χ4n) is 1.99. The summed E-state index contributed by atoms with van der Waals surface area (Å²) in [5.41, 5.74) is 2.60. The van der Waals surface area contributed by atoms with E-state index in [0.717, 1.165) is 0 Å². The first-order valence-electron chi connectivity index (χ1n) is 6.82. The van der Waals surface area contributed by atoms with Gasteiger partial charge in [-0.15, -0.1) is 0 Å². The van der Waals surface area contributed by atoms with Gasteiger partial charge in [0.1, 0.15) is 0 Å². The van der Waals surface area contributed by atoms with Gasteiger partial charge in [-0.3, -0.25) is 0 Å². The van der Waals surface area contributed by atoms with E-state index in [1.165, 1.54) is 38.8 Å². The molecule has 0 aromatic rings. The Balaban J connectivity index is 3.21. The molecule has 0 bridgehead atoms. The van der Waals surface area contributed by atoms with E-state index in [-0.39, 0.29) is 0 Å². The molecule has 0 fully saturated rings. The van der Waals surface area contributed by atoms with Crippen molar-refractivity contribution in [3.63, 3.8) is 0 Å². The van der Waals surface area contributed by atoms with Gasteiger partial charge in [0.05, 0.1) is 0 Å². The van der Waals surface area contributed by atoms with Crippen molar-refractivity contribution in [2.45, 2.75) is 41.1 Å². The van der Waals surface area contributed by atoms with Crippen LogP contribution >= 0.6 is 0 Å². The number of hydrogen-bond acceptors (Lipinski definition) is 2. The first-order valence-corrected chi connectivity index (χ1v) is 12.7. The summed E-state index contributed by atoms with van der Waals surface area (Å²) in [6, 6.07) is 0. The predicted octanol–water partition coefficient (Wildman–Crippen LogP) is 2.79. The SMILES string of the molecule is CN(C)CCC[CH2][Ga]([CH3])[CH2]CCCN(C)C. The Labute approximate surface area is 108 Å². The van der Waals surface area contributed by atoms with E-state index in [9.17, 15) is 0 Å². The molecule has 0 unspecified atom stereocenters. The van der Waals surface area contributed by atoms with Crippen LogP contribution in [0.4, 0.5) is 0 Å². The Morgan fingerprint density at radius 2 is 1.06 bits per heavy atom. The third kappa shape index (κ3) is 12.6. The number of hydrogen-bond donors (Lipinski definition) is 0. The molecule has 0 saturated carbocycles. The standard InChI is InChI=1S/2C6H14N.CH3.Ga/c2*1-4-5-6-7(2)3;;/h2*1,4-6H2,2-3H3;1H3;. The molecule has 0 radical (unpaired) electrons. The van der Waals surface area contributed by atoms with E-state index >= 15 is 0 Å². The second-order valence-electron chi connectivity index (χ2n) is 5.70. The second-order valence-corrected chi connectivity index (χ2v) is 12.8. The van der Waals surface area contributed by atoms with E-state index in [0.29, 0.717) is 0 Å². The molecule has 96 valence electrons. The molecule has 0 saturated heterocycles. The van der Waals surface area contributed by atoms with Crippen molar-refractivity contribution in [2.75, 3.05) is 41.3 Å². The van der Waals surface area contributed by atoms with Crippen molar-refractivity contribution in [3.05, 3.63) is 0 Å². The average molecular weight is 285 g/mol. The molecule has 0 amide bonds. The van der Waals surface area contributed by atoms with Crippen LogP contribution in [0.5, 0.6) is 0 Å². The minimum atomic E-state index is -0.815. The van der Waals surface area contributed by atoms with Gasteiger partial charge in [0, 0.05) is 0 Å². The third-order valence-corrected chi connectivity index (χ3v) is 8.95. The number of unbranched alkanes of at least 4 members (excludes halogenated alkanes) is 2. The molecular formula is C13H31GaN2. The summed E-state index contributed by atoms with van der Waals surface area (Å²) < 4.78 is 0. The Kier molecular flexibility index (Phi) is 11.1. The summed E-state index contributed by atoms with van der Waals surface area (Å²) in [5.74, 6) is 0. The van der Waals surface area contributed by atoms with Gasteiger partial charge in [0.15, 0.2) is 0 Å².